The molecule has 2 rings (SSSR count). The maximum absolute atomic E-state index is 5.64. The number of hydrogen-bond donors (Lipinski definition) is 2. The largest absolute Gasteiger partial charge is 0.469 e. The summed E-state index contributed by atoms with van der Waals surface area (Å²) in [5, 5.41) is 6.88. The lowest BCUT2D eigenvalue weighted by Gasteiger charge is -2.28. The van der Waals surface area contributed by atoms with Gasteiger partial charge in [0, 0.05) is 39.7 Å². The Morgan fingerprint density at radius 1 is 1.25 bits per heavy atom. The second-order valence-corrected chi connectivity index (χ2v) is 8.27. The van der Waals surface area contributed by atoms with Gasteiger partial charge in [-0.05, 0) is 30.5 Å². The molecule has 1 aromatic rings. The minimum atomic E-state index is 0.0495. The summed E-state index contributed by atoms with van der Waals surface area (Å²) >= 11 is 0. The lowest BCUT2D eigenvalue weighted by atomic mass is 9.89. The monoisotopic (exact) mass is 394 g/mol. The summed E-state index contributed by atoms with van der Waals surface area (Å²) in [5.74, 6) is 1.81. The van der Waals surface area contributed by atoms with Crippen LogP contribution in [0.2, 0.25) is 0 Å². The van der Waals surface area contributed by atoms with Crippen molar-refractivity contribution in [2.45, 2.75) is 39.7 Å². The first-order chi connectivity index (χ1) is 13.5. The van der Waals surface area contributed by atoms with Crippen molar-refractivity contribution < 1.29 is 13.9 Å². The van der Waals surface area contributed by atoms with Crippen molar-refractivity contribution in [2.75, 3.05) is 59.6 Å². The molecule has 0 amide bonds. The molecular weight excluding hydrogens is 356 g/mol. The molecule has 1 aliphatic heterocycles. The fourth-order valence-electron chi connectivity index (χ4n) is 3.14. The van der Waals surface area contributed by atoms with Gasteiger partial charge in [0.25, 0.3) is 0 Å². The number of nitrogens with one attached hydrogen (secondary N) is 2. The van der Waals surface area contributed by atoms with Crippen molar-refractivity contribution >= 4 is 5.96 Å². The number of furan rings is 1. The van der Waals surface area contributed by atoms with Crippen LogP contribution in [0.15, 0.2) is 27.8 Å². The smallest absolute Gasteiger partial charge is 0.191 e. The molecule has 28 heavy (non-hydrogen) atoms. The molecule has 2 N–H and O–H groups in total. The van der Waals surface area contributed by atoms with Crippen LogP contribution in [0.3, 0.4) is 0 Å². The van der Waals surface area contributed by atoms with E-state index in [9.17, 15) is 0 Å². The van der Waals surface area contributed by atoms with E-state index in [1.165, 1.54) is 0 Å². The topological polar surface area (TPSA) is 71.3 Å². The van der Waals surface area contributed by atoms with Crippen molar-refractivity contribution in [3.63, 3.8) is 0 Å². The summed E-state index contributed by atoms with van der Waals surface area (Å²) < 4.78 is 16.4. The van der Waals surface area contributed by atoms with Crippen LogP contribution in [0.25, 0.3) is 0 Å². The zero-order valence-corrected chi connectivity index (χ0v) is 18.0. The average Bonchev–Trinajstić information content (AvgIpc) is 3.18. The van der Waals surface area contributed by atoms with Crippen LogP contribution in [-0.2, 0) is 15.9 Å². The Morgan fingerprint density at radius 2 is 2.00 bits per heavy atom. The van der Waals surface area contributed by atoms with Crippen LogP contribution < -0.4 is 10.6 Å². The fourth-order valence-corrected chi connectivity index (χ4v) is 3.14. The molecule has 0 radical (unpaired) electrons. The van der Waals surface area contributed by atoms with Crippen LogP contribution in [0.4, 0.5) is 0 Å². The number of hydrogen-bond acceptors (Lipinski definition) is 5. The zero-order chi connectivity index (χ0) is 20.2. The third-order valence-electron chi connectivity index (χ3n) is 4.96. The van der Waals surface area contributed by atoms with Crippen LogP contribution in [0, 0.1) is 5.41 Å². The summed E-state index contributed by atoms with van der Waals surface area (Å²) in [5.41, 5.74) is 0.0495. The minimum absolute atomic E-state index is 0.0495. The van der Waals surface area contributed by atoms with Gasteiger partial charge >= 0.3 is 0 Å². The Bertz CT molecular complexity index is 548. The van der Waals surface area contributed by atoms with Crippen LogP contribution in [-0.4, -0.2) is 76.6 Å². The van der Waals surface area contributed by atoms with E-state index < -0.39 is 0 Å². The maximum atomic E-state index is 5.64. The summed E-state index contributed by atoms with van der Waals surface area (Å²) in [4.78, 5) is 7.22. The van der Waals surface area contributed by atoms with E-state index in [2.05, 4.69) is 36.3 Å². The summed E-state index contributed by atoms with van der Waals surface area (Å²) in [6.45, 7) is 13.7. The summed E-state index contributed by atoms with van der Waals surface area (Å²) in [7, 11) is 1.76. The van der Waals surface area contributed by atoms with Crippen molar-refractivity contribution in [3.8, 4) is 0 Å². The van der Waals surface area contributed by atoms with Gasteiger partial charge in [0.15, 0.2) is 5.96 Å². The van der Waals surface area contributed by atoms with Gasteiger partial charge in [-0.1, -0.05) is 20.8 Å². The number of aliphatic imine (C=N–C) groups is 1. The van der Waals surface area contributed by atoms with Crippen molar-refractivity contribution in [1.82, 2.24) is 15.5 Å². The molecule has 2 heterocycles. The lowest BCUT2D eigenvalue weighted by Crippen LogP contribution is -2.42. The van der Waals surface area contributed by atoms with Gasteiger partial charge in [-0.15, -0.1) is 0 Å². The van der Waals surface area contributed by atoms with E-state index in [4.69, 9.17) is 18.9 Å². The Morgan fingerprint density at radius 3 is 2.64 bits per heavy atom. The second kappa shape index (κ2) is 12.1. The molecule has 0 bridgehead atoms. The molecule has 0 spiro atoms. The van der Waals surface area contributed by atoms with E-state index in [0.29, 0.717) is 6.54 Å². The molecule has 1 atom stereocenters. The molecule has 7 nitrogen and oxygen atoms in total. The Kier molecular flexibility index (Phi) is 9.81. The van der Waals surface area contributed by atoms with E-state index in [1.807, 2.05) is 12.1 Å². The highest BCUT2D eigenvalue weighted by Gasteiger charge is 2.24. The highest BCUT2D eigenvalue weighted by molar-refractivity contribution is 5.79. The SMILES string of the molecule is COC(CN=C(NCCCN1CCOCC1)NCCc1ccco1)C(C)(C)C. The molecule has 0 saturated carbocycles. The molecule has 7 heteroatoms. The fraction of sp³-hybridized carbons (Fsp3) is 0.762. The van der Waals surface area contributed by atoms with Gasteiger partial charge in [0.1, 0.15) is 5.76 Å². The molecule has 1 saturated heterocycles. The van der Waals surface area contributed by atoms with E-state index in [-0.39, 0.29) is 11.5 Å². The van der Waals surface area contributed by atoms with Gasteiger partial charge in [0.05, 0.1) is 32.1 Å². The van der Waals surface area contributed by atoms with E-state index in [1.54, 1.807) is 13.4 Å². The molecule has 1 aromatic heterocycles. The van der Waals surface area contributed by atoms with Gasteiger partial charge < -0.3 is 24.5 Å². The first kappa shape index (κ1) is 22.7. The predicted octanol–water partition coefficient (Wildman–Crippen LogP) is 2.14. The van der Waals surface area contributed by atoms with Crippen LogP contribution >= 0.6 is 0 Å². The van der Waals surface area contributed by atoms with Crippen LogP contribution in [0.1, 0.15) is 33.0 Å². The number of guanidine groups is 1. The van der Waals surface area contributed by atoms with Crippen LogP contribution in [0.5, 0.6) is 0 Å². The Balaban J connectivity index is 1.80. The quantitative estimate of drug-likeness (QED) is 0.360. The third-order valence-corrected chi connectivity index (χ3v) is 4.96. The molecular formula is C21H38N4O3. The van der Waals surface area contributed by atoms with Crippen molar-refractivity contribution in [3.05, 3.63) is 24.2 Å². The molecule has 1 unspecified atom stereocenters. The Hall–Kier alpha value is -1.57. The van der Waals surface area contributed by atoms with Gasteiger partial charge in [-0.3, -0.25) is 9.89 Å². The predicted molar refractivity (Wildman–Crippen MR) is 113 cm³/mol. The van der Waals surface area contributed by atoms with Gasteiger partial charge in [-0.25, -0.2) is 0 Å². The third kappa shape index (κ3) is 8.63. The molecule has 0 aliphatic carbocycles. The van der Waals surface area contributed by atoms with E-state index >= 15 is 0 Å². The number of morpholine rings is 1. The number of rotatable bonds is 10. The van der Waals surface area contributed by atoms with E-state index in [0.717, 1.165) is 70.5 Å². The molecule has 1 aliphatic rings. The second-order valence-electron chi connectivity index (χ2n) is 8.27. The average molecular weight is 395 g/mol. The zero-order valence-electron chi connectivity index (χ0n) is 18.0. The van der Waals surface area contributed by atoms with Crippen molar-refractivity contribution in [1.29, 1.82) is 0 Å². The molecule has 160 valence electrons. The normalized spacial score (nSPS) is 17.5. The highest BCUT2D eigenvalue weighted by atomic mass is 16.5. The molecule has 1 fully saturated rings. The lowest BCUT2D eigenvalue weighted by molar-refractivity contribution is 0.0241. The number of nitrogens with zero attached hydrogens (tertiary/aromatic N) is 2. The van der Waals surface area contributed by atoms with Gasteiger partial charge in [-0.2, -0.15) is 0 Å². The highest BCUT2D eigenvalue weighted by Crippen LogP contribution is 2.21. The van der Waals surface area contributed by atoms with Gasteiger partial charge in [0.2, 0.25) is 0 Å². The first-order valence-electron chi connectivity index (χ1n) is 10.4. The summed E-state index contributed by atoms with van der Waals surface area (Å²) in [6, 6.07) is 3.91. The molecule has 0 aromatic carbocycles. The summed E-state index contributed by atoms with van der Waals surface area (Å²) in [6.07, 6.45) is 3.69. The standard InChI is InChI=1S/C21H38N4O3/c1-21(2,3)19(26-4)17-24-20(23-10-8-18-7-5-14-28-18)22-9-6-11-25-12-15-27-16-13-25/h5,7,14,19H,6,8-13,15-17H2,1-4H3,(H2,22,23,24). The maximum Gasteiger partial charge on any atom is 0.191 e. The Labute approximate surface area is 169 Å². The number of methoxy groups -OCH3 is 1. The van der Waals surface area contributed by atoms with Crippen molar-refractivity contribution in [2.24, 2.45) is 10.4 Å². The first-order valence-corrected chi connectivity index (χ1v) is 10.4. The minimum Gasteiger partial charge on any atom is -0.469 e. The number of ether oxygens (including phenoxy) is 2.